The summed E-state index contributed by atoms with van der Waals surface area (Å²) in [6.45, 7) is 0.262. The third-order valence-electron chi connectivity index (χ3n) is 4.54. The van der Waals surface area contributed by atoms with Gasteiger partial charge in [-0.25, -0.2) is 4.68 Å². The largest absolute Gasteiger partial charge is 0.345 e. The molecule has 0 saturated carbocycles. The maximum Gasteiger partial charge on any atom is 0.270 e. The number of benzene rings is 2. The van der Waals surface area contributed by atoms with Gasteiger partial charge in [-0.15, -0.1) is 0 Å². The van der Waals surface area contributed by atoms with E-state index in [0.29, 0.717) is 27.7 Å². The zero-order valence-electron chi connectivity index (χ0n) is 16.1. The Morgan fingerprint density at radius 1 is 1.06 bits per heavy atom. The highest BCUT2D eigenvalue weighted by Gasteiger charge is 2.18. The first-order chi connectivity index (χ1) is 15.0. The van der Waals surface area contributed by atoms with Crippen LogP contribution in [0, 0.1) is 10.1 Å². The summed E-state index contributed by atoms with van der Waals surface area (Å²) in [5, 5.41) is 18.9. The monoisotopic (exact) mass is 433 g/mol. The molecule has 154 valence electrons. The fourth-order valence-electron chi connectivity index (χ4n) is 2.98. The van der Waals surface area contributed by atoms with E-state index in [2.05, 4.69) is 15.4 Å². The number of non-ortho nitro benzene ring substituents is 1. The predicted molar refractivity (Wildman–Crippen MR) is 116 cm³/mol. The maximum atomic E-state index is 13.0. The molecular weight excluding hydrogens is 418 g/mol. The number of halogens is 1. The van der Waals surface area contributed by atoms with E-state index in [-0.39, 0.29) is 18.1 Å². The molecule has 0 saturated heterocycles. The van der Waals surface area contributed by atoms with Gasteiger partial charge >= 0.3 is 0 Å². The Morgan fingerprint density at radius 3 is 2.45 bits per heavy atom. The molecule has 0 aliphatic rings. The Labute approximate surface area is 182 Å². The summed E-state index contributed by atoms with van der Waals surface area (Å²) in [5.74, 6) is -0.332. The average molecular weight is 434 g/mol. The first kappa shape index (κ1) is 20.2. The van der Waals surface area contributed by atoms with Gasteiger partial charge in [0.05, 0.1) is 28.5 Å². The molecule has 9 heteroatoms. The van der Waals surface area contributed by atoms with Crippen LogP contribution in [0.3, 0.4) is 0 Å². The number of rotatable bonds is 6. The Kier molecular flexibility index (Phi) is 5.72. The van der Waals surface area contributed by atoms with Crippen LogP contribution in [0.4, 0.5) is 5.69 Å². The topological polar surface area (TPSA) is 103 Å². The minimum absolute atomic E-state index is 0.0192. The van der Waals surface area contributed by atoms with Crippen LogP contribution in [0.25, 0.3) is 16.9 Å². The van der Waals surface area contributed by atoms with Gasteiger partial charge < -0.3 is 5.32 Å². The fourth-order valence-corrected chi connectivity index (χ4v) is 3.11. The normalized spacial score (nSPS) is 10.6. The van der Waals surface area contributed by atoms with Crippen molar-refractivity contribution in [2.24, 2.45) is 0 Å². The third kappa shape index (κ3) is 4.59. The fraction of sp³-hybridized carbons (Fsp3) is 0.0455. The average Bonchev–Trinajstić information content (AvgIpc) is 3.24. The van der Waals surface area contributed by atoms with E-state index in [1.165, 1.54) is 16.8 Å². The Hall–Kier alpha value is -4.04. The Morgan fingerprint density at radius 2 is 1.81 bits per heavy atom. The first-order valence-electron chi connectivity index (χ1n) is 9.30. The molecule has 0 aliphatic carbocycles. The summed E-state index contributed by atoms with van der Waals surface area (Å²) in [5.41, 5.74) is 2.83. The van der Waals surface area contributed by atoms with Crippen molar-refractivity contribution in [3.63, 3.8) is 0 Å². The SMILES string of the molecule is O=C(NCc1ccccn1)c1cc(-c2ccc([N+](=O)[O-])cc2)nn1-c1ccc(Cl)cc1. The molecule has 0 aliphatic heterocycles. The molecule has 8 nitrogen and oxygen atoms in total. The number of nitro groups is 1. The molecule has 0 unspecified atom stereocenters. The van der Waals surface area contributed by atoms with Gasteiger partial charge in [0.1, 0.15) is 5.69 Å². The second kappa shape index (κ2) is 8.76. The molecule has 0 radical (unpaired) electrons. The third-order valence-corrected chi connectivity index (χ3v) is 4.80. The molecule has 0 spiro atoms. The van der Waals surface area contributed by atoms with Gasteiger partial charge in [0.2, 0.25) is 0 Å². The van der Waals surface area contributed by atoms with Crippen molar-refractivity contribution in [2.75, 3.05) is 0 Å². The van der Waals surface area contributed by atoms with E-state index in [0.717, 1.165) is 5.69 Å². The molecule has 2 aromatic carbocycles. The summed E-state index contributed by atoms with van der Waals surface area (Å²) >= 11 is 5.99. The van der Waals surface area contributed by atoms with E-state index in [1.54, 1.807) is 54.7 Å². The molecule has 2 heterocycles. The number of hydrogen-bond acceptors (Lipinski definition) is 5. The van der Waals surface area contributed by atoms with Crippen molar-refractivity contribution >= 4 is 23.2 Å². The summed E-state index contributed by atoms with van der Waals surface area (Å²) in [6, 6.07) is 20.0. The van der Waals surface area contributed by atoms with Crippen LogP contribution in [0.15, 0.2) is 79.0 Å². The maximum absolute atomic E-state index is 13.0. The molecule has 4 aromatic rings. The molecule has 1 N–H and O–H groups in total. The van der Waals surface area contributed by atoms with Gasteiger partial charge in [-0.2, -0.15) is 5.10 Å². The quantitative estimate of drug-likeness (QED) is 0.358. The van der Waals surface area contributed by atoms with Gasteiger partial charge in [-0.1, -0.05) is 17.7 Å². The number of nitrogens with one attached hydrogen (secondary N) is 1. The number of nitro benzene ring substituents is 1. The van der Waals surface area contributed by atoms with Gasteiger partial charge in [0, 0.05) is 28.9 Å². The van der Waals surface area contributed by atoms with Crippen molar-refractivity contribution in [2.45, 2.75) is 6.54 Å². The Balaban J connectivity index is 1.68. The van der Waals surface area contributed by atoms with E-state index in [4.69, 9.17) is 11.6 Å². The summed E-state index contributed by atoms with van der Waals surface area (Å²) in [4.78, 5) is 27.6. The standard InChI is InChI=1S/C22H16ClN5O3/c23-16-6-10-18(11-7-16)27-21(22(29)25-14-17-3-1-2-12-24-17)13-20(26-27)15-4-8-19(9-5-15)28(30)31/h1-13H,14H2,(H,25,29). The summed E-state index contributed by atoms with van der Waals surface area (Å²) in [7, 11) is 0. The van der Waals surface area contributed by atoms with Crippen molar-refractivity contribution in [3.05, 3.63) is 106 Å². The predicted octanol–water partition coefficient (Wildman–Crippen LogP) is 4.43. The molecule has 2 aromatic heterocycles. The van der Waals surface area contributed by atoms with Crippen LogP contribution in [-0.2, 0) is 6.54 Å². The second-order valence-corrected chi connectivity index (χ2v) is 7.05. The first-order valence-corrected chi connectivity index (χ1v) is 9.68. The number of carbonyl (C=O) groups excluding carboxylic acids is 1. The van der Waals surface area contributed by atoms with Gasteiger partial charge in [0.25, 0.3) is 11.6 Å². The van der Waals surface area contributed by atoms with Crippen LogP contribution in [0.1, 0.15) is 16.2 Å². The molecule has 0 bridgehead atoms. The van der Waals surface area contributed by atoms with Crippen molar-refractivity contribution in [1.82, 2.24) is 20.1 Å². The highest BCUT2D eigenvalue weighted by molar-refractivity contribution is 6.30. The highest BCUT2D eigenvalue weighted by atomic mass is 35.5. The number of hydrogen-bond donors (Lipinski definition) is 1. The zero-order chi connectivity index (χ0) is 21.8. The number of nitrogens with zero attached hydrogens (tertiary/aromatic N) is 4. The summed E-state index contributed by atoms with van der Waals surface area (Å²) < 4.78 is 1.51. The highest BCUT2D eigenvalue weighted by Crippen LogP contribution is 2.24. The molecule has 1 amide bonds. The number of amides is 1. The zero-order valence-corrected chi connectivity index (χ0v) is 16.9. The lowest BCUT2D eigenvalue weighted by atomic mass is 10.1. The van der Waals surface area contributed by atoms with Gasteiger partial charge in [0.15, 0.2) is 0 Å². The lowest BCUT2D eigenvalue weighted by molar-refractivity contribution is -0.384. The van der Waals surface area contributed by atoms with Gasteiger partial charge in [-0.05, 0) is 54.6 Å². The van der Waals surface area contributed by atoms with Crippen molar-refractivity contribution in [1.29, 1.82) is 0 Å². The minimum atomic E-state index is -0.466. The van der Waals surface area contributed by atoms with Crippen molar-refractivity contribution < 1.29 is 9.72 Å². The molecule has 0 atom stereocenters. The lowest BCUT2D eigenvalue weighted by Crippen LogP contribution is -2.25. The van der Waals surface area contributed by atoms with Crippen LogP contribution in [-0.4, -0.2) is 25.6 Å². The number of pyridine rings is 1. The van der Waals surface area contributed by atoms with Crippen LogP contribution >= 0.6 is 11.6 Å². The second-order valence-electron chi connectivity index (χ2n) is 6.61. The van der Waals surface area contributed by atoms with Crippen LogP contribution < -0.4 is 5.32 Å². The van der Waals surface area contributed by atoms with Gasteiger partial charge in [-0.3, -0.25) is 19.9 Å². The summed E-state index contributed by atoms with van der Waals surface area (Å²) in [6.07, 6.45) is 1.66. The van der Waals surface area contributed by atoms with E-state index in [9.17, 15) is 14.9 Å². The van der Waals surface area contributed by atoms with Crippen molar-refractivity contribution in [3.8, 4) is 16.9 Å². The molecular formula is C22H16ClN5O3. The van der Waals surface area contributed by atoms with Crippen LogP contribution in [0.2, 0.25) is 5.02 Å². The van der Waals surface area contributed by atoms with E-state index >= 15 is 0 Å². The minimum Gasteiger partial charge on any atom is -0.345 e. The van der Waals surface area contributed by atoms with Crippen LogP contribution in [0.5, 0.6) is 0 Å². The lowest BCUT2D eigenvalue weighted by Gasteiger charge is -2.08. The number of carbonyl (C=O) groups is 1. The molecule has 4 rings (SSSR count). The molecule has 31 heavy (non-hydrogen) atoms. The smallest absolute Gasteiger partial charge is 0.270 e. The number of aromatic nitrogens is 3. The molecule has 0 fully saturated rings. The van der Waals surface area contributed by atoms with E-state index < -0.39 is 4.92 Å². The Bertz CT molecular complexity index is 1220. The van der Waals surface area contributed by atoms with E-state index in [1.807, 2.05) is 12.1 Å².